The highest BCUT2D eigenvalue weighted by Crippen LogP contribution is 2.21. The predicted octanol–water partition coefficient (Wildman–Crippen LogP) is 3.04. The monoisotopic (exact) mass is 325 g/mol. The minimum absolute atomic E-state index is 0.505. The van der Waals surface area contributed by atoms with Crippen LogP contribution < -0.4 is 10.6 Å². The van der Waals surface area contributed by atoms with Gasteiger partial charge in [0, 0.05) is 41.2 Å². The molecule has 2 aromatic rings. The minimum atomic E-state index is 0.505. The molecule has 3 nitrogen and oxygen atoms in total. The number of thiophene rings is 1. The summed E-state index contributed by atoms with van der Waals surface area (Å²) >= 11 is 5.22. The van der Waals surface area contributed by atoms with Crippen LogP contribution in [-0.4, -0.2) is 18.6 Å². The molecular formula is C13H16BrN3S. The standard InChI is InChI=1S/C13H16BrN3S/c1-17(5-4-12-3-2-6-18-12)13-10(8-15)7-11(14)9-16-13/h2-3,6-7,9H,4-5,8,15H2,1H3. The molecular weight excluding hydrogens is 310 g/mol. The molecule has 2 heterocycles. The van der Waals surface area contributed by atoms with Crippen molar-refractivity contribution in [2.24, 2.45) is 5.73 Å². The highest BCUT2D eigenvalue weighted by molar-refractivity contribution is 9.10. The molecule has 96 valence electrons. The van der Waals surface area contributed by atoms with E-state index >= 15 is 0 Å². The molecule has 2 rings (SSSR count). The molecule has 0 atom stereocenters. The van der Waals surface area contributed by atoms with Gasteiger partial charge in [0.2, 0.25) is 0 Å². The highest BCUT2D eigenvalue weighted by atomic mass is 79.9. The second-order valence-corrected chi connectivity index (χ2v) is 6.04. The quantitative estimate of drug-likeness (QED) is 0.918. The molecule has 0 aromatic carbocycles. The minimum Gasteiger partial charge on any atom is -0.359 e. The zero-order valence-electron chi connectivity index (χ0n) is 10.3. The molecule has 0 aliphatic rings. The van der Waals surface area contributed by atoms with E-state index in [4.69, 9.17) is 5.73 Å². The number of pyridine rings is 1. The average Bonchev–Trinajstić information content (AvgIpc) is 2.88. The van der Waals surface area contributed by atoms with Crippen LogP contribution in [0.2, 0.25) is 0 Å². The molecule has 2 N–H and O–H groups in total. The number of anilines is 1. The molecule has 0 saturated heterocycles. The van der Waals surface area contributed by atoms with Gasteiger partial charge in [-0.1, -0.05) is 6.07 Å². The van der Waals surface area contributed by atoms with Gasteiger partial charge >= 0.3 is 0 Å². The van der Waals surface area contributed by atoms with Crippen LogP contribution in [0.25, 0.3) is 0 Å². The van der Waals surface area contributed by atoms with Crippen molar-refractivity contribution >= 4 is 33.1 Å². The number of hydrogen-bond donors (Lipinski definition) is 1. The van der Waals surface area contributed by atoms with Crippen LogP contribution in [0.4, 0.5) is 5.82 Å². The van der Waals surface area contributed by atoms with Crippen molar-refractivity contribution in [1.82, 2.24) is 4.98 Å². The van der Waals surface area contributed by atoms with Crippen LogP contribution in [0.3, 0.4) is 0 Å². The SMILES string of the molecule is CN(CCc1cccs1)c1ncc(Br)cc1CN. The third-order valence-electron chi connectivity index (χ3n) is 2.76. The van der Waals surface area contributed by atoms with Crippen LogP contribution in [0.15, 0.2) is 34.2 Å². The number of likely N-dealkylation sites (N-methyl/N-ethyl adjacent to an activating group) is 1. The number of nitrogens with two attached hydrogens (primary N) is 1. The molecule has 18 heavy (non-hydrogen) atoms. The summed E-state index contributed by atoms with van der Waals surface area (Å²) in [5, 5.41) is 2.11. The van der Waals surface area contributed by atoms with Crippen molar-refractivity contribution in [2.45, 2.75) is 13.0 Å². The molecule has 0 saturated carbocycles. The Hall–Kier alpha value is -0.910. The third-order valence-corrected chi connectivity index (χ3v) is 4.13. The lowest BCUT2D eigenvalue weighted by Gasteiger charge is -2.20. The topological polar surface area (TPSA) is 42.2 Å². The van der Waals surface area contributed by atoms with Crippen LogP contribution in [0, 0.1) is 0 Å². The van der Waals surface area contributed by atoms with Crippen molar-refractivity contribution in [1.29, 1.82) is 0 Å². The summed E-state index contributed by atoms with van der Waals surface area (Å²) in [6.45, 7) is 1.45. The Morgan fingerprint density at radius 1 is 1.50 bits per heavy atom. The van der Waals surface area contributed by atoms with Crippen LogP contribution in [0.5, 0.6) is 0 Å². The summed E-state index contributed by atoms with van der Waals surface area (Å²) < 4.78 is 0.971. The van der Waals surface area contributed by atoms with Crippen molar-refractivity contribution in [2.75, 3.05) is 18.5 Å². The first kappa shape index (κ1) is 13.5. The lowest BCUT2D eigenvalue weighted by Crippen LogP contribution is -2.23. The first-order chi connectivity index (χ1) is 8.70. The normalized spacial score (nSPS) is 10.6. The fraction of sp³-hybridized carbons (Fsp3) is 0.308. The zero-order chi connectivity index (χ0) is 13.0. The van der Waals surface area contributed by atoms with E-state index in [1.165, 1.54) is 4.88 Å². The summed E-state index contributed by atoms with van der Waals surface area (Å²) in [7, 11) is 2.06. The summed E-state index contributed by atoms with van der Waals surface area (Å²) in [5.41, 5.74) is 6.83. The van der Waals surface area contributed by atoms with Gasteiger partial charge in [-0.2, -0.15) is 0 Å². The van der Waals surface area contributed by atoms with E-state index < -0.39 is 0 Å². The molecule has 0 bridgehead atoms. The van der Waals surface area contributed by atoms with E-state index in [1.807, 2.05) is 12.3 Å². The first-order valence-corrected chi connectivity index (χ1v) is 7.46. The van der Waals surface area contributed by atoms with Gasteiger partial charge in [0.15, 0.2) is 0 Å². The van der Waals surface area contributed by atoms with E-state index in [1.54, 1.807) is 11.3 Å². The Kier molecular flexibility index (Phi) is 4.74. The second-order valence-electron chi connectivity index (χ2n) is 4.09. The smallest absolute Gasteiger partial charge is 0.132 e. The number of nitrogens with zero attached hydrogens (tertiary/aromatic N) is 2. The second kappa shape index (κ2) is 6.31. The van der Waals surface area contributed by atoms with Gasteiger partial charge in [-0.25, -0.2) is 4.98 Å². The average molecular weight is 326 g/mol. The lowest BCUT2D eigenvalue weighted by atomic mass is 10.2. The summed E-state index contributed by atoms with van der Waals surface area (Å²) in [5.74, 6) is 0.970. The summed E-state index contributed by atoms with van der Waals surface area (Å²) in [6, 6.07) is 6.28. The van der Waals surface area contributed by atoms with Gasteiger partial charge in [-0.15, -0.1) is 11.3 Å². The molecule has 0 spiro atoms. The molecule has 5 heteroatoms. The molecule has 0 amide bonds. The molecule has 0 aliphatic carbocycles. The number of rotatable bonds is 5. The Morgan fingerprint density at radius 2 is 2.33 bits per heavy atom. The van der Waals surface area contributed by atoms with Crippen molar-refractivity contribution in [3.63, 3.8) is 0 Å². The van der Waals surface area contributed by atoms with Crippen LogP contribution in [-0.2, 0) is 13.0 Å². The Bertz CT molecular complexity index is 499. The summed E-state index contributed by atoms with van der Waals surface area (Å²) in [4.78, 5) is 8.01. The number of aromatic nitrogens is 1. The Morgan fingerprint density at radius 3 is 3.00 bits per heavy atom. The fourth-order valence-corrected chi connectivity index (χ4v) is 2.88. The van der Waals surface area contributed by atoms with E-state index in [0.717, 1.165) is 28.8 Å². The van der Waals surface area contributed by atoms with Crippen molar-refractivity contribution < 1.29 is 0 Å². The first-order valence-electron chi connectivity index (χ1n) is 5.78. The number of halogens is 1. The maximum atomic E-state index is 5.76. The van der Waals surface area contributed by atoms with E-state index in [0.29, 0.717) is 6.54 Å². The predicted molar refractivity (Wildman–Crippen MR) is 81.1 cm³/mol. The molecule has 0 radical (unpaired) electrons. The lowest BCUT2D eigenvalue weighted by molar-refractivity contribution is 0.853. The van der Waals surface area contributed by atoms with Gasteiger partial charge in [-0.05, 0) is 39.9 Å². The maximum absolute atomic E-state index is 5.76. The Balaban J connectivity index is 2.06. The Labute approximate surface area is 120 Å². The van der Waals surface area contributed by atoms with Gasteiger partial charge in [0.1, 0.15) is 5.82 Å². The van der Waals surface area contributed by atoms with Gasteiger partial charge in [0.05, 0.1) is 0 Å². The van der Waals surface area contributed by atoms with Crippen LogP contribution in [0.1, 0.15) is 10.4 Å². The molecule has 0 unspecified atom stereocenters. The number of hydrogen-bond acceptors (Lipinski definition) is 4. The van der Waals surface area contributed by atoms with E-state index in [2.05, 4.69) is 50.4 Å². The summed E-state index contributed by atoms with van der Waals surface area (Å²) in [6.07, 6.45) is 2.85. The van der Waals surface area contributed by atoms with Crippen LogP contribution >= 0.6 is 27.3 Å². The molecule has 2 aromatic heterocycles. The molecule has 0 aliphatic heterocycles. The maximum Gasteiger partial charge on any atom is 0.132 e. The van der Waals surface area contributed by atoms with Gasteiger partial charge in [-0.3, -0.25) is 0 Å². The largest absolute Gasteiger partial charge is 0.359 e. The van der Waals surface area contributed by atoms with Crippen molar-refractivity contribution in [3.8, 4) is 0 Å². The van der Waals surface area contributed by atoms with Gasteiger partial charge in [0.25, 0.3) is 0 Å². The zero-order valence-corrected chi connectivity index (χ0v) is 12.7. The van der Waals surface area contributed by atoms with Crippen molar-refractivity contribution in [3.05, 3.63) is 44.7 Å². The third kappa shape index (κ3) is 3.31. The van der Waals surface area contributed by atoms with Gasteiger partial charge < -0.3 is 10.6 Å². The van der Waals surface area contributed by atoms with E-state index in [9.17, 15) is 0 Å². The molecule has 0 fully saturated rings. The van der Waals surface area contributed by atoms with E-state index in [-0.39, 0.29) is 0 Å². The highest BCUT2D eigenvalue weighted by Gasteiger charge is 2.09. The fourth-order valence-electron chi connectivity index (χ4n) is 1.81.